The minimum Gasteiger partial charge on any atom is -0.236 e. The molecule has 0 N–H and O–H groups in total. The number of halogens is 4. The second-order valence-electron chi connectivity index (χ2n) is 4.86. The van der Waals surface area contributed by atoms with E-state index in [0.29, 0.717) is 5.82 Å². The van der Waals surface area contributed by atoms with Crippen molar-refractivity contribution in [1.29, 1.82) is 0 Å². The Morgan fingerprint density at radius 2 is 1.92 bits per heavy atom. The predicted molar refractivity (Wildman–Crippen MR) is 89.2 cm³/mol. The maximum Gasteiger partial charge on any atom is 0.417 e. The van der Waals surface area contributed by atoms with Gasteiger partial charge in [-0.15, -0.1) is 11.8 Å². The Bertz CT molecular complexity index is 899. The third-order valence-corrected chi connectivity index (χ3v) is 4.50. The van der Waals surface area contributed by atoms with E-state index < -0.39 is 11.7 Å². The van der Waals surface area contributed by atoms with Gasteiger partial charge in [-0.25, -0.2) is 15.0 Å². The average Bonchev–Trinajstić information content (AvgIpc) is 2.54. The SMILES string of the molecule is CCSc1ccccc1-c1nc(Cl)c2cc(C(F)(F)F)cnc2n1. The third kappa shape index (κ3) is 3.32. The van der Waals surface area contributed by atoms with Crippen LogP contribution in [-0.4, -0.2) is 20.7 Å². The van der Waals surface area contributed by atoms with Crippen molar-refractivity contribution in [1.82, 2.24) is 15.0 Å². The molecule has 8 heteroatoms. The van der Waals surface area contributed by atoms with E-state index >= 15 is 0 Å². The molecule has 0 saturated carbocycles. The van der Waals surface area contributed by atoms with Crippen molar-refractivity contribution in [2.75, 3.05) is 5.75 Å². The van der Waals surface area contributed by atoms with Crippen molar-refractivity contribution in [3.63, 3.8) is 0 Å². The zero-order chi connectivity index (χ0) is 17.3. The van der Waals surface area contributed by atoms with Crippen LogP contribution < -0.4 is 0 Å². The number of alkyl halides is 3. The molecule has 0 radical (unpaired) electrons. The van der Waals surface area contributed by atoms with Crippen LogP contribution in [0.5, 0.6) is 0 Å². The number of nitrogens with zero attached hydrogens (tertiary/aromatic N) is 3. The molecule has 0 aliphatic carbocycles. The van der Waals surface area contributed by atoms with E-state index in [-0.39, 0.29) is 16.2 Å². The first-order valence-corrected chi connectivity index (χ1v) is 8.39. The van der Waals surface area contributed by atoms with Crippen LogP contribution in [-0.2, 0) is 6.18 Å². The summed E-state index contributed by atoms with van der Waals surface area (Å²) in [6.45, 7) is 2.02. The molecule has 2 aromatic heterocycles. The molecule has 0 aliphatic rings. The molecule has 24 heavy (non-hydrogen) atoms. The fourth-order valence-corrected chi connectivity index (χ4v) is 3.20. The number of aromatic nitrogens is 3. The van der Waals surface area contributed by atoms with Crippen molar-refractivity contribution in [3.05, 3.63) is 47.2 Å². The van der Waals surface area contributed by atoms with E-state index in [2.05, 4.69) is 15.0 Å². The van der Waals surface area contributed by atoms with Gasteiger partial charge in [-0.3, -0.25) is 0 Å². The summed E-state index contributed by atoms with van der Waals surface area (Å²) in [6.07, 6.45) is -3.74. The molecule has 0 fully saturated rings. The molecule has 0 saturated heterocycles. The molecule has 0 spiro atoms. The summed E-state index contributed by atoms with van der Waals surface area (Å²) in [6, 6.07) is 8.44. The Morgan fingerprint density at radius 3 is 2.62 bits per heavy atom. The molecule has 2 heterocycles. The molecule has 0 unspecified atom stereocenters. The monoisotopic (exact) mass is 369 g/mol. The lowest BCUT2D eigenvalue weighted by Gasteiger charge is -2.10. The fourth-order valence-electron chi connectivity index (χ4n) is 2.19. The van der Waals surface area contributed by atoms with Gasteiger partial charge in [0.15, 0.2) is 11.5 Å². The maximum absolute atomic E-state index is 12.8. The third-order valence-electron chi connectivity index (χ3n) is 3.26. The summed E-state index contributed by atoms with van der Waals surface area (Å²) in [5.74, 6) is 1.21. The lowest BCUT2D eigenvalue weighted by atomic mass is 10.2. The Kier molecular flexibility index (Phi) is 4.64. The van der Waals surface area contributed by atoms with E-state index in [1.54, 1.807) is 11.8 Å². The van der Waals surface area contributed by atoms with Crippen molar-refractivity contribution < 1.29 is 13.2 Å². The number of hydrogen-bond acceptors (Lipinski definition) is 4. The Balaban J connectivity index is 2.16. The van der Waals surface area contributed by atoms with E-state index in [9.17, 15) is 13.2 Å². The van der Waals surface area contributed by atoms with Gasteiger partial charge >= 0.3 is 6.18 Å². The Morgan fingerprint density at radius 1 is 1.17 bits per heavy atom. The summed E-state index contributed by atoms with van der Waals surface area (Å²) >= 11 is 7.72. The Labute approximate surface area is 145 Å². The summed E-state index contributed by atoms with van der Waals surface area (Å²) in [5.41, 5.74) is 0.0272. The van der Waals surface area contributed by atoms with Crippen molar-refractivity contribution >= 4 is 34.4 Å². The van der Waals surface area contributed by atoms with Gasteiger partial charge < -0.3 is 0 Å². The number of benzene rings is 1. The van der Waals surface area contributed by atoms with Crippen molar-refractivity contribution in [2.45, 2.75) is 18.0 Å². The maximum atomic E-state index is 12.8. The van der Waals surface area contributed by atoms with E-state index in [1.165, 1.54) is 0 Å². The topological polar surface area (TPSA) is 38.7 Å². The highest BCUT2D eigenvalue weighted by atomic mass is 35.5. The Hall–Kier alpha value is -1.86. The smallest absolute Gasteiger partial charge is 0.236 e. The summed E-state index contributed by atoms with van der Waals surface area (Å²) < 4.78 is 38.4. The van der Waals surface area contributed by atoms with E-state index in [0.717, 1.165) is 28.5 Å². The largest absolute Gasteiger partial charge is 0.417 e. The zero-order valence-electron chi connectivity index (χ0n) is 12.4. The molecule has 3 nitrogen and oxygen atoms in total. The van der Waals surface area contributed by atoms with Crippen LogP contribution in [0.3, 0.4) is 0 Å². The second-order valence-corrected chi connectivity index (χ2v) is 6.52. The van der Waals surface area contributed by atoms with Gasteiger partial charge in [-0.05, 0) is 17.9 Å². The standard InChI is InChI=1S/C16H11ClF3N3S/c1-2-24-12-6-4-3-5-10(12)15-22-13(17)11-7-9(16(18,19)20)8-21-14(11)23-15/h3-8H,2H2,1H3. The first-order chi connectivity index (χ1) is 11.4. The van der Waals surface area contributed by atoms with E-state index in [1.807, 2.05) is 31.2 Å². The minimum atomic E-state index is -4.49. The first-order valence-electron chi connectivity index (χ1n) is 7.03. The van der Waals surface area contributed by atoms with Gasteiger partial charge in [-0.1, -0.05) is 36.7 Å². The van der Waals surface area contributed by atoms with Crippen LogP contribution >= 0.6 is 23.4 Å². The zero-order valence-corrected chi connectivity index (χ0v) is 14.0. The van der Waals surface area contributed by atoms with Crippen LogP contribution in [0.25, 0.3) is 22.4 Å². The highest BCUT2D eigenvalue weighted by Gasteiger charge is 2.31. The van der Waals surface area contributed by atoms with Crippen LogP contribution in [0.15, 0.2) is 41.4 Å². The van der Waals surface area contributed by atoms with Crippen molar-refractivity contribution in [3.8, 4) is 11.4 Å². The molecule has 3 rings (SSSR count). The van der Waals surface area contributed by atoms with Crippen molar-refractivity contribution in [2.24, 2.45) is 0 Å². The molecule has 3 aromatic rings. The fraction of sp³-hybridized carbons (Fsp3) is 0.188. The van der Waals surface area contributed by atoms with Crippen LogP contribution in [0.4, 0.5) is 13.2 Å². The second kappa shape index (κ2) is 6.57. The number of pyridine rings is 1. The lowest BCUT2D eigenvalue weighted by molar-refractivity contribution is -0.137. The van der Waals surface area contributed by atoms with Gasteiger partial charge in [0.1, 0.15) is 5.15 Å². The van der Waals surface area contributed by atoms with Gasteiger partial charge in [0, 0.05) is 16.7 Å². The molecule has 0 atom stereocenters. The van der Waals surface area contributed by atoms with Crippen LogP contribution in [0.2, 0.25) is 5.15 Å². The molecular formula is C16H11ClF3N3S. The summed E-state index contributed by atoms with van der Waals surface area (Å²) in [5, 5.41) is 0.0285. The molecular weight excluding hydrogens is 359 g/mol. The van der Waals surface area contributed by atoms with Gasteiger partial charge in [0.05, 0.1) is 10.9 Å². The van der Waals surface area contributed by atoms with Gasteiger partial charge in [0.25, 0.3) is 0 Å². The number of thioether (sulfide) groups is 1. The first kappa shape index (κ1) is 17.0. The minimum absolute atomic E-state index is 0.0510. The summed E-state index contributed by atoms with van der Waals surface area (Å²) in [7, 11) is 0. The highest BCUT2D eigenvalue weighted by molar-refractivity contribution is 7.99. The summed E-state index contributed by atoms with van der Waals surface area (Å²) in [4.78, 5) is 13.2. The van der Waals surface area contributed by atoms with Gasteiger partial charge in [0.2, 0.25) is 0 Å². The van der Waals surface area contributed by atoms with Gasteiger partial charge in [-0.2, -0.15) is 13.2 Å². The highest BCUT2D eigenvalue weighted by Crippen LogP contribution is 2.34. The van der Waals surface area contributed by atoms with Crippen LogP contribution in [0, 0.1) is 0 Å². The van der Waals surface area contributed by atoms with E-state index in [4.69, 9.17) is 11.6 Å². The lowest BCUT2D eigenvalue weighted by Crippen LogP contribution is -2.06. The molecule has 1 aromatic carbocycles. The quantitative estimate of drug-likeness (QED) is 0.453. The number of hydrogen-bond donors (Lipinski definition) is 0. The number of fused-ring (bicyclic) bond motifs is 1. The number of rotatable bonds is 3. The molecule has 0 amide bonds. The average molecular weight is 370 g/mol. The molecule has 0 bridgehead atoms. The normalized spacial score (nSPS) is 11.9. The van der Waals surface area contributed by atoms with Crippen LogP contribution in [0.1, 0.15) is 12.5 Å². The molecule has 124 valence electrons. The predicted octanol–water partition coefficient (Wildman–Crippen LogP) is 5.48. The molecule has 0 aliphatic heterocycles.